The Morgan fingerprint density at radius 3 is 2.72 bits per heavy atom. The quantitative estimate of drug-likeness (QED) is 0.711. The minimum Gasteiger partial charge on any atom is -0.368 e. The Morgan fingerprint density at radius 2 is 1.97 bits per heavy atom. The average molecular weight is 393 g/mol. The van der Waals surface area contributed by atoms with Crippen molar-refractivity contribution in [1.29, 1.82) is 0 Å². The fourth-order valence-electron chi connectivity index (χ4n) is 3.25. The molecular weight excluding hydrogens is 370 g/mol. The molecule has 0 spiro atoms. The third kappa shape index (κ3) is 4.78. The number of piperidine rings is 1. The summed E-state index contributed by atoms with van der Waals surface area (Å²) in [7, 11) is 0. The van der Waals surface area contributed by atoms with E-state index in [4.69, 9.17) is 9.26 Å². The summed E-state index contributed by atoms with van der Waals surface area (Å²) in [5.41, 5.74) is 2.74. The van der Waals surface area contributed by atoms with E-state index in [0.29, 0.717) is 24.8 Å². The SMILES string of the molecule is Cc1ccccc1NC(=O)N1CCC(OCc2nc(-c3ccncc3)no2)CC1. The molecule has 1 N–H and O–H groups in total. The Hall–Kier alpha value is -3.26. The molecule has 29 heavy (non-hydrogen) atoms. The van der Waals surface area contributed by atoms with Crippen LogP contribution in [0.4, 0.5) is 10.5 Å². The molecule has 1 aromatic carbocycles. The molecule has 150 valence electrons. The molecule has 0 saturated carbocycles. The fraction of sp³-hybridized carbons (Fsp3) is 0.333. The first-order chi connectivity index (χ1) is 14.2. The maximum absolute atomic E-state index is 12.5. The molecule has 1 fully saturated rings. The number of pyridine rings is 1. The van der Waals surface area contributed by atoms with Crippen molar-refractivity contribution in [1.82, 2.24) is 20.0 Å². The van der Waals surface area contributed by atoms with Crippen LogP contribution in [-0.4, -0.2) is 45.2 Å². The molecule has 8 heteroatoms. The van der Waals surface area contributed by atoms with Crippen LogP contribution in [0.25, 0.3) is 11.4 Å². The predicted molar refractivity (Wildman–Crippen MR) is 107 cm³/mol. The second-order valence-corrected chi connectivity index (χ2v) is 6.99. The summed E-state index contributed by atoms with van der Waals surface area (Å²) in [6.07, 6.45) is 4.98. The summed E-state index contributed by atoms with van der Waals surface area (Å²) >= 11 is 0. The van der Waals surface area contributed by atoms with E-state index in [2.05, 4.69) is 20.4 Å². The molecule has 3 heterocycles. The molecule has 1 aliphatic heterocycles. The van der Waals surface area contributed by atoms with Gasteiger partial charge in [-0.25, -0.2) is 4.79 Å². The van der Waals surface area contributed by atoms with Gasteiger partial charge in [-0.3, -0.25) is 4.98 Å². The molecule has 1 aliphatic rings. The zero-order valence-electron chi connectivity index (χ0n) is 16.2. The molecule has 2 amide bonds. The van der Waals surface area contributed by atoms with Crippen LogP contribution in [0.5, 0.6) is 0 Å². The molecule has 0 aliphatic carbocycles. The molecule has 1 saturated heterocycles. The first-order valence-corrected chi connectivity index (χ1v) is 9.65. The molecule has 0 unspecified atom stereocenters. The lowest BCUT2D eigenvalue weighted by Gasteiger charge is -2.31. The van der Waals surface area contributed by atoms with E-state index in [-0.39, 0.29) is 18.7 Å². The summed E-state index contributed by atoms with van der Waals surface area (Å²) in [6, 6.07) is 11.3. The topological polar surface area (TPSA) is 93.4 Å². The number of ether oxygens (including phenoxy) is 1. The second kappa shape index (κ2) is 8.83. The lowest BCUT2D eigenvalue weighted by atomic mass is 10.1. The van der Waals surface area contributed by atoms with Crippen molar-refractivity contribution in [3.05, 3.63) is 60.2 Å². The first-order valence-electron chi connectivity index (χ1n) is 9.65. The van der Waals surface area contributed by atoms with Crippen LogP contribution < -0.4 is 5.32 Å². The van der Waals surface area contributed by atoms with Gasteiger partial charge >= 0.3 is 6.03 Å². The highest BCUT2D eigenvalue weighted by atomic mass is 16.5. The summed E-state index contributed by atoms with van der Waals surface area (Å²) in [5, 5.41) is 6.96. The number of amides is 2. The highest BCUT2D eigenvalue weighted by Gasteiger charge is 2.24. The van der Waals surface area contributed by atoms with E-state index in [1.165, 1.54) is 0 Å². The van der Waals surface area contributed by atoms with Crippen molar-refractivity contribution >= 4 is 11.7 Å². The van der Waals surface area contributed by atoms with Gasteiger partial charge in [0.25, 0.3) is 5.89 Å². The van der Waals surface area contributed by atoms with Crippen LogP contribution in [0, 0.1) is 6.92 Å². The van der Waals surface area contributed by atoms with Crippen LogP contribution in [0.15, 0.2) is 53.3 Å². The van der Waals surface area contributed by atoms with Gasteiger partial charge in [0.15, 0.2) is 0 Å². The van der Waals surface area contributed by atoms with E-state index in [0.717, 1.165) is 29.7 Å². The number of hydrogen-bond acceptors (Lipinski definition) is 6. The van der Waals surface area contributed by atoms with Crippen molar-refractivity contribution in [2.75, 3.05) is 18.4 Å². The van der Waals surface area contributed by atoms with Crippen molar-refractivity contribution in [3.63, 3.8) is 0 Å². The van der Waals surface area contributed by atoms with Crippen LogP contribution in [0.3, 0.4) is 0 Å². The Labute approximate surface area is 168 Å². The number of carbonyl (C=O) groups is 1. The highest BCUT2D eigenvalue weighted by Crippen LogP contribution is 2.19. The van der Waals surface area contributed by atoms with E-state index in [9.17, 15) is 4.79 Å². The predicted octanol–water partition coefficient (Wildman–Crippen LogP) is 3.65. The van der Waals surface area contributed by atoms with Crippen LogP contribution in [0.2, 0.25) is 0 Å². The highest BCUT2D eigenvalue weighted by molar-refractivity contribution is 5.90. The van der Waals surface area contributed by atoms with Crippen molar-refractivity contribution in [2.45, 2.75) is 32.5 Å². The number of nitrogens with zero attached hydrogens (tertiary/aromatic N) is 4. The Morgan fingerprint density at radius 1 is 1.21 bits per heavy atom. The van der Waals surface area contributed by atoms with E-state index >= 15 is 0 Å². The largest absolute Gasteiger partial charge is 0.368 e. The molecule has 4 rings (SSSR count). The number of urea groups is 1. The molecule has 3 aromatic rings. The van der Waals surface area contributed by atoms with E-state index in [1.54, 1.807) is 12.4 Å². The smallest absolute Gasteiger partial charge is 0.321 e. The van der Waals surface area contributed by atoms with Gasteiger partial charge in [0.2, 0.25) is 5.82 Å². The minimum absolute atomic E-state index is 0.0637. The minimum atomic E-state index is -0.0726. The molecule has 8 nitrogen and oxygen atoms in total. The number of benzene rings is 1. The fourth-order valence-corrected chi connectivity index (χ4v) is 3.25. The number of para-hydroxylation sites is 1. The normalized spacial score (nSPS) is 14.7. The monoisotopic (exact) mass is 393 g/mol. The van der Waals surface area contributed by atoms with E-state index in [1.807, 2.05) is 48.2 Å². The number of rotatable bonds is 5. The molecule has 0 bridgehead atoms. The van der Waals surface area contributed by atoms with Gasteiger partial charge < -0.3 is 19.5 Å². The summed E-state index contributed by atoms with van der Waals surface area (Å²) in [4.78, 5) is 22.6. The Bertz CT molecular complexity index is 952. The Balaban J connectivity index is 1.24. The third-order valence-electron chi connectivity index (χ3n) is 4.96. The van der Waals surface area contributed by atoms with Gasteiger partial charge in [0, 0.05) is 36.7 Å². The van der Waals surface area contributed by atoms with Gasteiger partial charge in [-0.15, -0.1) is 0 Å². The number of aryl methyl sites for hydroxylation is 1. The lowest BCUT2D eigenvalue weighted by Crippen LogP contribution is -2.43. The molecule has 0 radical (unpaired) electrons. The lowest BCUT2D eigenvalue weighted by molar-refractivity contribution is -0.00532. The third-order valence-corrected chi connectivity index (χ3v) is 4.96. The standard InChI is InChI=1S/C21H23N5O3/c1-15-4-2-3-5-18(15)23-21(27)26-12-8-17(9-13-26)28-14-19-24-20(25-29-19)16-6-10-22-11-7-16/h2-7,10-11,17H,8-9,12-14H2,1H3,(H,23,27). The molecule has 2 aromatic heterocycles. The van der Waals surface area contributed by atoms with Crippen LogP contribution in [0.1, 0.15) is 24.3 Å². The first kappa shape index (κ1) is 19.1. The van der Waals surface area contributed by atoms with Gasteiger partial charge in [-0.2, -0.15) is 4.98 Å². The van der Waals surface area contributed by atoms with Crippen LogP contribution in [-0.2, 0) is 11.3 Å². The number of aromatic nitrogens is 3. The second-order valence-electron chi connectivity index (χ2n) is 6.99. The van der Waals surface area contributed by atoms with Crippen molar-refractivity contribution < 1.29 is 14.1 Å². The van der Waals surface area contributed by atoms with E-state index < -0.39 is 0 Å². The molecular formula is C21H23N5O3. The van der Waals surface area contributed by atoms with Gasteiger partial charge in [0.1, 0.15) is 6.61 Å². The van der Waals surface area contributed by atoms with Gasteiger partial charge in [-0.05, 0) is 43.5 Å². The van der Waals surface area contributed by atoms with Crippen molar-refractivity contribution in [2.24, 2.45) is 0 Å². The number of nitrogens with one attached hydrogen (secondary N) is 1. The summed E-state index contributed by atoms with van der Waals surface area (Å²) in [5.74, 6) is 0.963. The Kier molecular flexibility index (Phi) is 5.81. The number of carbonyl (C=O) groups excluding carboxylic acids is 1. The van der Waals surface area contributed by atoms with Gasteiger partial charge in [0.05, 0.1) is 6.10 Å². The zero-order chi connectivity index (χ0) is 20.1. The maximum atomic E-state index is 12.5. The average Bonchev–Trinajstić information content (AvgIpc) is 3.24. The maximum Gasteiger partial charge on any atom is 0.321 e. The summed E-state index contributed by atoms with van der Waals surface area (Å²) < 4.78 is 11.2. The summed E-state index contributed by atoms with van der Waals surface area (Å²) in [6.45, 7) is 3.54. The van der Waals surface area contributed by atoms with Crippen LogP contribution >= 0.6 is 0 Å². The number of anilines is 1. The van der Waals surface area contributed by atoms with Crippen molar-refractivity contribution in [3.8, 4) is 11.4 Å². The van der Waals surface area contributed by atoms with Gasteiger partial charge in [-0.1, -0.05) is 23.4 Å². The number of hydrogen-bond donors (Lipinski definition) is 1. The molecule has 0 atom stereocenters. The number of likely N-dealkylation sites (tertiary alicyclic amines) is 1. The zero-order valence-corrected chi connectivity index (χ0v) is 16.2.